The minimum atomic E-state index is -0.590. The molecule has 118 valence electrons. The number of carbonyl (C=O) groups is 1. The number of aromatic nitrogens is 1. The van der Waals surface area contributed by atoms with Gasteiger partial charge in [0.15, 0.2) is 0 Å². The predicted molar refractivity (Wildman–Crippen MR) is 88.6 cm³/mol. The van der Waals surface area contributed by atoms with E-state index in [0.717, 1.165) is 10.6 Å². The number of nitrogens with zero attached hydrogens (tertiary/aromatic N) is 1. The van der Waals surface area contributed by atoms with E-state index in [1.54, 1.807) is 18.2 Å². The molecule has 0 atom stereocenters. The van der Waals surface area contributed by atoms with Crippen LogP contribution in [0.5, 0.6) is 5.75 Å². The van der Waals surface area contributed by atoms with Gasteiger partial charge in [-0.05, 0) is 37.5 Å². The molecule has 0 fully saturated rings. The third-order valence-corrected chi connectivity index (χ3v) is 4.31. The van der Waals surface area contributed by atoms with Crippen LogP contribution in [0.4, 0.5) is 5.69 Å². The number of hydrogen-bond acceptors (Lipinski definition) is 6. The van der Waals surface area contributed by atoms with E-state index in [4.69, 9.17) is 9.15 Å². The van der Waals surface area contributed by atoms with Gasteiger partial charge in [-0.25, -0.2) is 4.79 Å². The Hall–Kier alpha value is -2.67. The Morgan fingerprint density at radius 3 is 2.74 bits per heavy atom. The smallest absolute Gasteiger partial charge is 0.337 e. The van der Waals surface area contributed by atoms with E-state index in [-0.39, 0.29) is 11.5 Å². The quantitative estimate of drug-likeness (QED) is 0.746. The summed E-state index contributed by atoms with van der Waals surface area (Å²) in [5, 5.41) is 3.36. The van der Waals surface area contributed by atoms with Gasteiger partial charge in [0.05, 0.1) is 24.1 Å². The molecule has 1 N–H and O–H groups in total. The zero-order valence-electron chi connectivity index (χ0n) is 12.8. The number of carbonyl (C=O) groups excluding carboxylic acids is 1. The van der Waals surface area contributed by atoms with Crippen molar-refractivity contribution in [3.05, 3.63) is 50.8 Å². The molecule has 23 heavy (non-hydrogen) atoms. The lowest BCUT2D eigenvalue weighted by Gasteiger charge is -2.08. The molecule has 2 aromatic heterocycles. The lowest BCUT2D eigenvalue weighted by molar-refractivity contribution is 0.102. The highest BCUT2D eigenvalue weighted by atomic mass is 32.1. The summed E-state index contributed by atoms with van der Waals surface area (Å²) in [6.07, 6.45) is 0. The number of rotatable bonds is 3. The highest BCUT2D eigenvalue weighted by Gasteiger charge is 2.17. The molecule has 0 radical (unpaired) electrons. The summed E-state index contributed by atoms with van der Waals surface area (Å²) in [5.41, 5.74) is 1.39. The molecule has 3 aromatic rings. The Morgan fingerprint density at radius 1 is 1.30 bits per heavy atom. The molecular weight excluding hydrogens is 316 g/mol. The first-order valence-electron chi connectivity index (χ1n) is 6.85. The molecule has 0 saturated carbocycles. The second-order valence-corrected chi connectivity index (χ2v) is 5.97. The van der Waals surface area contributed by atoms with Crippen LogP contribution in [0.3, 0.4) is 0 Å². The van der Waals surface area contributed by atoms with Crippen LogP contribution < -0.4 is 15.7 Å². The molecule has 2 heterocycles. The zero-order chi connectivity index (χ0) is 16.6. The van der Waals surface area contributed by atoms with E-state index in [0.29, 0.717) is 22.4 Å². The number of benzene rings is 1. The van der Waals surface area contributed by atoms with Crippen LogP contribution >= 0.6 is 11.5 Å². The van der Waals surface area contributed by atoms with Gasteiger partial charge in [-0.15, -0.1) is 0 Å². The molecule has 1 amide bonds. The topological polar surface area (TPSA) is 81.4 Å². The van der Waals surface area contributed by atoms with Crippen molar-refractivity contribution in [3.8, 4) is 5.75 Å². The largest absolute Gasteiger partial charge is 0.497 e. The number of nitrogens with one attached hydrogen (secondary N) is 1. The third-order valence-electron chi connectivity index (χ3n) is 3.47. The van der Waals surface area contributed by atoms with Crippen molar-refractivity contribution < 1.29 is 13.9 Å². The van der Waals surface area contributed by atoms with Gasteiger partial charge in [0, 0.05) is 22.4 Å². The molecule has 0 aliphatic carbocycles. The van der Waals surface area contributed by atoms with Crippen molar-refractivity contribution in [2.24, 2.45) is 0 Å². The van der Waals surface area contributed by atoms with E-state index < -0.39 is 5.63 Å². The fraction of sp³-hybridized carbons (Fsp3) is 0.188. The number of amides is 1. The Morgan fingerprint density at radius 2 is 2.09 bits per heavy atom. The molecule has 1 aromatic carbocycles. The zero-order valence-corrected chi connectivity index (χ0v) is 13.6. The molecule has 3 rings (SSSR count). The maximum Gasteiger partial charge on any atom is 0.337 e. The second kappa shape index (κ2) is 5.85. The van der Waals surface area contributed by atoms with Crippen LogP contribution in [0.15, 0.2) is 33.5 Å². The maximum absolute atomic E-state index is 12.6. The first kappa shape index (κ1) is 15.2. The molecule has 0 unspecified atom stereocenters. The van der Waals surface area contributed by atoms with Crippen LogP contribution in [0.2, 0.25) is 0 Å². The van der Waals surface area contributed by atoms with E-state index >= 15 is 0 Å². The van der Waals surface area contributed by atoms with Gasteiger partial charge >= 0.3 is 5.63 Å². The van der Waals surface area contributed by atoms with Gasteiger partial charge < -0.3 is 14.5 Å². The SMILES string of the molecule is COc1ccc2c(C(=O)Nc3c(C)nsc3C)cc(=O)oc2c1. The van der Waals surface area contributed by atoms with Crippen molar-refractivity contribution >= 4 is 34.1 Å². The number of methoxy groups -OCH3 is 1. The molecular formula is C16H14N2O4S. The van der Waals surface area contributed by atoms with Gasteiger partial charge in [0.2, 0.25) is 0 Å². The lowest BCUT2D eigenvalue weighted by atomic mass is 10.1. The van der Waals surface area contributed by atoms with Gasteiger partial charge in [-0.2, -0.15) is 4.37 Å². The average Bonchev–Trinajstić information content (AvgIpc) is 2.85. The van der Waals surface area contributed by atoms with Gasteiger partial charge in [-0.3, -0.25) is 4.79 Å². The standard InChI is InChI=1S/C16H14N2O4S/c1-8-15(9(2)23-18-8)17-16(20)12-7-14(19)22-13-6-10(21-3)4-5-11(12)13/h4-7H,1-3H3,(H,17,20). The third kappa shape index (κ3) is 2.83. The highest BCUT2D eigenvalue weighted by molar-refractivity contribution is 7.06. The monoisotopic (exact) mass is 330 g/mol. The Balaban J connectivity index is 2.08. The first-order chi connectivity index (χ1) is 11.0. The number of aryl methyl sites for hydroxylation is 2. The summed E-state index contributed by atoms with van der Waals surface area (Å²) in [6, 6.07) is 6.17. The Bertz CT molecular complexity index is 939. The molecule has 0 aliphatic rings. The molecule has 0 aliphatic heterocycles. The van der Waals surface area contributed by atoms with Crippen LogP contribution in [0, 0.1) is 13.8 Å². The predicted octanol–water partition coefficient (Wildman–Crippen LogP) is 3.13. The number of hydrogen-bond donors (Lipinski definition) is 1. The van der Waals surface area contributed by atoms with Crippen molar-refractivity contribution in [2.75, 3.05) is 12.4 Å². The number of fused-ring (bicyclic) bond motifs is 1. The summed E-state index contributed by atoms with van der Waals surface area (Å²) < 4.78 is 14.5. The molecule has 7 heteroatoms. The van der Waals surface area contributed by atoms with E-state index in [1.807, 2.05) is 13.8 Å². The summed E-state index contributed by atoms with van der Waals surface area (Å²) >= 11 is 1.32. The lowest BCUT2D eigenvalue weighted by Crippen LogP contribution is -2.16. The van der Waals surface area contributed by atoms with Crippen LogP contribution in [-0.4, -0.2) is 17.4 Å². The molecule has 6 nitrogen and oxygen atoms in total. The second-order valence-electron chi connectivity index (χ2n) is 4.99. The molecule has 0 spiro atoms. The minimum absolute atomic E-state index is 0.254. The molecule has 0 bridgehead atoms. The first-order valence-corrected chi connectivity index (χ1v) is 7.63. The average molecular weight is 330 g/mol. The van der Waals surface area contributed by atoms with Crippen LogP contribution in [-0.2, 0) is 0 Å². The summed E-state index contributed by atoms with van der Waals surface area (Å²) in [7, 11) is 1.52. The Labute approximate surface area is 135 Å². The van der Waals surface area contributed by atoms with Gasteiger partial charge in [0.25, 0.3) is 5.91 Å². The summed E-state index contributed by atoms with van der Waals surface area (Å²) in [6.45, 7) is 3.70. The van der Waals surface area contributed by atoms with Crippen LogP contribution in [0.25, 0.3) is 11.0 Å². The fourth-order valence-corrected chi connectivity index (χ4v) is 2.96. The number of ether oxygens (including phenoxy) is 1. The van der Waals surface area contributed by atoms with Crippen molar-refractivity contribution in [1.29, 1.82) is 0 Å². The van der Waals surface area contributed by atoms with E-state index in [9.17, 15) is 9.59 Å². The normalized spacial score (nSPS) is 10.7. The number of anilines is 1. The highest BCUT2D eigenvalue weighted by Crippen LogP contribution is 2.26. The van der Waals surface area contributed by atoms with Crippen molar-refractivity contribution in [2.45, 2.75) is 13.8 Å². The fourth-order valence-electron chi connectivity index (χ4n) is 2.30. The van der Waals surface area contributed by atoms with Crippen LogP contribution in [0.1, 0.15) is 20.9 Å². The summed E-state index contributed by atoms with van der Waals surface area (Å²) in [5.74, 6) is 0.173. The maximum atomic E-state index is 12.6. The minimum Gasteiger partial charge on any atom is -0.497 e. The summed E-state index contributed by atoms with van der Waals surface area (Å²) in [4.78, 5) is 25.2. The van der Waals surface area contributed by atoms with E-state index in [1.165, 1.54) is 24.7 Å². The Kier molecular flexibility index (Phi) is 3.87. The molecule has 0 saturated heterocycles. The van der Waals surface area contributed by atoms with Gasteiger partial charge in [0.1, 0.15) is 11.3 Å². The van der Waals surface area contributed by atoms with E-state index in [2.05, 4.69) is 9.69 Å². The van der Waals surface area contributed by atoms with Crippen molar-refractivity contribution in [1.82, 2.24) is 4.37 Å². The van der Waals surface area contributed by atoms with Gasteiger partial charge in [-0.1, -0.05) is 0 Å². The van der Waals surface area contributed by atoms with Crippen molar-refractivity contribution in [3.63, 3.8) is 0 Å².